The highest BCUT2D eigenvalue weighted by atomic mass is 32.1. The fraction of sp³-hybridized carbons (Fsp3) is 0.0500. The van der Waals surface area contributed by atoms with Gasteiger partial charge in [-0.1, -0.05) is 30.3 Å². The minimum absolute atomic E-state index is 0.169. The van der Waals surface area contributed by atoms with Crippen molar-refractivity contribution < 1.29 is 4.79 Å². The van der Waals surface area contributed by atoms with Crippen LogP contribution in [0, 0.1) is 0 Å². The molecule has 0 saturated heterocycles. The van der Waals surface area contributed by atoms with Crippen LogP contribution in [0.25, 0.3) is 21.8 Å². The number of hydrogen-bond acceptors (Lipinski definition) is 5. The first-order chi connectivity index (χ1) is 12.8. The first kappa shape index (κ1) is 16.6. The topological polar surface area (TPSA) is 54.9 Å². The number of carbonyl (C=O) groups is 1. The molecule has 4 aromatic rings. The minimum Gasteiger partial charge on any atom is -0.347 e. The lowest BCUT2D eigenvalue weighted by atomic mass is 10.1. The van der Waals surface area contributed by atoms with E-state index in [1.165, 1.54) is 11.3 Å². The zero-order valence-electron chi connectivity index (χ0n) is 13.8. The number of benzene rings is 1. The van der Waals surface area contributed by atoms with Crippen molar-refractivity contribution in [3.63, 3.8) is 0 Å². The number of thiazole rings is 1. The molecule has 0 radical (unpaired) electrons. The van der Waals surface area contributed by atoms with Crippen LogP contribution in [-0.2, 0) is 6.54 Å². The molecule has 1 N–H and O–H groups in total. The number of hydrogen-bond donors (Lipinski definition) is 1. The number of aromatic nitrogens is 2. The Hall–Kier alpha value is -2.83. The van der Waals surface area contributed by atoms with Crippen LogP contribution in [0.15, 0.2) is 70.9 Å². The summed E-state index contributed by atoms with van der Waals surface area (Å²) in [6.45, 7) is 0.441. The highest BCUT2D eigenvalue weighted by molar-refractivity contribution is 7.13. The number of nitrogens with zero attached hydrogens (tertiary/aromatic N) is 2. The SMILES string of the molecule is O=C(NCc1ccnc(-c2ccsc2)c1)c1csc(-c2ccccc2)n1. The van der Waals surface area contributed by atoms with Gasteiger partial charge in [-0.25, -0.2) is 4.98 Å². The molecule has 128 valence electrons. The van der Waals surface area contributed by atoms with Crippen molar-refractivity contribution in [3.05, 3.63) is 82.1 Å². The van der Waals surface area contributed by atoms with Crippen molar-refractivity contribution in [1.29, 1.82) is 0 Å². The van der Waals surface area contributed by atoms with Gasteiger partial charge >= 0.3 is 0 Å². The maximum Gasteiger partial charge on any atom is 0.271 e. The normalized spacial score (nSPS) is 10.6. The van der Waals surface area contributed by atoms with Gasteiger partial charge in [0.1, 0.15) is 10.7 Å². The van der Waals surface area contributed by atoms with Gasteiger partial charge in [-0.05, 0) is 29.1 Å². The van der Waals surface area contributed by atoms with E-state index in [0.717, 1.165) is 27.4 Å². The molecule has 4 nitrogen and oxygen atoms in total. The van der Waals surface area contributed by atoms with Gasteiger partial charge in [0.05, 0.1) is 5.69 Å². The molecular formula is C20H15N3OS2. The predicted molar refractivity (Wildman–Crippen MR) is 106 cm³/mol. The Morgan fingerprint density at radius 1 is 1.04 bits per heavy atom. The summed E-state index contributed by atoms with van der Waals surface area (Å²) in [4.78, 5) is 21.2. The van der Waals surface area contributed by atoms with Crippen LogP contribution in [0.4, 0.5) is 0 Å². The Kier molecular flexibility index (Phi) is 4.86. The quantitative estimate of drug-likeness (QED) is 0.540. The second kappa shape index (κ2) is 7.59. The molecule has 3 heterocycles. The number of thiophene rings is 1. The van der Waals surface area contributed by atoms with Gasteiger partial charge in [-0.15, -0.1) is 11.3 Å². The number of amides is 1. The third-order valence-corrected chi connectivity index (χ3v) is 5.43. The van der Waals surface area contributed by atoms with Crippen molar-refractivity contribution >= 4 is 28.6 Å². The molecule has 3 aromatic heterocycles. The number of rotatable bonds is 5. The molecule has 0 fully saturated rings. The van der Waals surface area contributed by atoms with Crippen molar-refractivity contribution in [2.45, 2.75) is 6.54 Å². The lowest BCUT2D eigenvalue weighted by Gasteiger charge is -2.05. The third-order valence-electron chi connectivity index (χ3n) is 3.85. The van der Waals surface area contributed by atoms with E-state index in [9.17, 15) is 4.79 Å². The average Bonchev–Trinajstić information content (AvgIpc) is 3.39. The van der Waals surface area contributed by atoms with E-state index in [4.69, 9.17) is 0 Å². The molecule has 0 spiro atoms. The summed E-state index contributed by atoms with van der Waals surface area (Å²) in [6.07, 6.45) is 1.77. The van der Waals surface area contributed by atoms with E-state index in [2.05, 4.69) is 20.7 Å². The van der Waals surface area contributed by atoms with Crippen molar-refractivity contribution in [3.8, 4) is 21.8 Å². The van der Waals surface area contributed by atoms with Gasteiger partial charge in [-0.2, -0.15) is 11.3 Å². The fourth-order valence-electron chi connectivity index (χ4n) is 2.52. The Bertz CT molecular complexity index is 1010. The lowest BCUT2D eigenvalue weighted by molar-refractivity contribution is 0.0946. The largest absolute Gasteiger partial charge is 0.347 e. The van der Waals surface area contributed by atoms with Crippen LogP contribution in [0.2, 0.25) is 0 Å². The zero-order chi connectivity index (χ0) is 17.8. The molecule has 0 unspecified atom stereocenters. The highest BCUT2D eigenvalue weighted by Gasteiger charge is 2.12. The second-order valence-electron chi connectivity index (χ2n) is 5.65. The lowest BCUT2D eigenvalue weighted by Crippen LogP contribution is -2.23. The molecule has 0 aliphatic heterocycles. The number of pyridine rings is 1. The Labute approximate surface area is 159 Å². The summed E-state index contributed by atoms with van der Waals surface area (Å²) >= 11 is 3.11. The zero-order valence-corrected chi connectivity index (χ0v) is 15.4. The van der Waals surface area contributed by atoms with E-state index in [1.54, 1.807) is 22.9 Å². The number of nitrogens with one attached hydrogen (secondary N) is 1. The van der Waals surface area contributed by atoms with Gasteiger partial charge in [-0.3, -0.25) is 9.78 Å². The Balaban J connectivity index is 1.43. The molecule has 26 heavy (non-hydrogen) atoms. The smallest absolute Gasteiger partial charge is 0.271 e. The van der Waals surface area contributed by atoms with Crippen LogP contribution in [-0.4, -0.2) is 15.9 Å². The predicted octanol–water partition coefficient (Wildman–Crippen LogP) is 4.86. The summed E-state index contributed by atoms with van der Waals surface area (Å²) in [5, 5.41) is 9.66. The van der Waals surface area contributed by atoms with Crippen LogP contribution in [0.1, 0.15) is 16.1 Å². The molecule has 1 aromatic carbocycles. The molecule has 1 amide bonds. The van der Waals surface area contributed by atoms with Crippen LogP contribution >= 0.6 is 22.7 Å². The standard InChI is InChI=1S/C20H15N3OS2/c24-19(18-13-26-20(23-18)15-4-2-1-3-5-15)22-11-14-6-8-21-17(10-14)16-7-9-25-12-16/h1-10,12-13H,11H2,(H,22,24). The maximum absolute atomic E-state index is 12.4. The summed E-state index contributed by atoms with van der Waals surface area (Å²) in [7, 11) is 0. The molecule has 0 aliphatic carbocycles. The highest BCUT2D eigenvalue weighted by Crippen LogP contribution is 2.23. The van der Waals surface area contributed by atoms with Gasteiger partial charge < -0.3 is 5.32 Å². The molecule has 0 saturated carbocycles. The van der Waals surface area contributed by atoms with Gasteiger partial charge in [0, 0.05) is 34.6 Å². The minimum atomic E-state index is -0.169. The summed E-state index contributed by atoms with van der Waals surface area (Å²) in [5.41, 5.74) is 4.48. The first-order valence-electron chi connectivity index (χ1n) is 8.06. The van der Waals surface area contributed by atoms with Crippen molar-refractivity contribution in [2.75, 3.05) is 0 Å². The number of carbonyl (C=O) groups excluding carboxylic acids is 1. The van der Waals surface area contributed by atoms with E-state index in [-0.39, 0.29) is 5.91 Å². The Morgan fingerprint density at radius 2 is 1.92 bits per heavy atom. The maximum atomic E-state index is 12.4. The third kappa shape index (κ3) is 3.71. The van der Waals surface area contributed by atoms with Crippen LogP contribution in [0.5, 0.6) is 0 Å². The molecule has 0 atom stereocenters. The van der Waals surface area contributed by atoms with Gasteiger partial charge in [0.15, 0.2) is 0 Å². The average molecular weight is 377 g/mol. The van der Waals surface area contributed by atoms with Crippen molar-refractivity contribution in [1.82, 2.24) is 15.3 Å². The molecular weight excluding hydrogens is 362 g/mol. The summed E-state index contributed by atoms with van der Waals surface area (Å²) in [6, 6.07) is 15.8. The van der Waals surface area contributed by atoms with Gasteiger partial charge in [0.2, 0.25) is 0 Å². The van der Waals surface area contributed by atoms with E-state index < -0.39 is 0 Å². The molecule has 0 aliphatic rings. The molecule has 4 rings (SSSR count). The summed E-state index contributed by atoms with van der Waals surface area (Å²) < 4.78 is 0. The van der Waals surface area contributed by atoms with E-state index in [0.29, 0.717) is 12.2 Å². The van der Waals surface area contributed by atoms with Crippen LogP contribution < -0.4 is 5.32 Å². The summed E-state index contributed by atoms with van der Waals surface area (Å²) in [5.74, 6) is -0.169. The van der Waals surface area contributed by atoms with E-state index >= 15 is 0 Å². The van der Waals surface area contributed by atoms with Gasteiger partial charge in [0.25, 0.3) is 5.91 Å². The fourth-order valence-corrected chi connectivity index (χ4v) is 3.97. The van der Waals surface area contributed by atoms with Crippen LogP contribution in [0.3, 0.4) is 0 Å². The monoisotopic (exact) mass is 377 g/mol. The molecule has 0 bridgehead atoms. The first-order valence-corrected chi connectivity index (χ1v) is 9.88. The molecule has 6 heteroatoms. The van der Waals surface area contributed by atoms with E-state index in [1.807, 2.05) is 53.9 Å². The Morgan fingerprint density at radius 3 is 2.73 bits per heavy atom. The van der Waals surface area contributed by atoms with Crippen molar-refractivity contribution in [2.24, 2.45) is 0 Å². The second-order valence-corrected chi connectivity index (χ2v) is 7.29.